The highest BCUT2D eigenvalue weighted by Gasteiger charge is 2.22. The van der Waals surface area contributed by atoms with Gasteiger partial charge in [0.2, 0.25) is 5.95 Å². The van der Waals surface area contributed by atoms with Gasteiger partial charge in [0.05, 0.1) is 6.20 Å². The van der Waals surface area contributed by atoms with Crippen LogP contribution in [0.5, 0.6) is 0 Å². The molecule has 2 aromatic rings. The maximum absolute atomic E-state index is 13.1. The fraction of sp³-hybridized carbons (Fsp3) is 0.500. The monoisotopic (exact) mass is 357 g/mol. The molecule has 26 heavy (non-hydrogen) atoms. The number of hydrogen-bond acceptors (Lipinski definition) is 7. The number of piperazine rings is 2. The molecule has 0 saturated carbocycles. The van der Waals surface area contributed by atoms with Gasteiger partial charge in [0, 0.05) is 58.0 Å². The van der Waals surface area contributed by atoms with E-state index in [-0.39, 0.29) is 5.82 Å². The maximum atomic E-state index is 13.1. The molecular formula is C18H24FN7. The van der Waals surface area contributed by atoms with Crippen LogP contribution in [0, 0.1) is 5.82 Å². The summed E-state index contributed by atoms with van der Waals surface area (Å²) in [5, 5.41) is 8.42. The van der Waals surface area contributed by atoms with Crippen molar-refractivity contribution in [1.82, 2.24) is 20.1 Å². The molecule has 0 bridgehead atoms. The van der Waals surface area contributed by atoms with E-state index in [1.54, 1.807) is 6.20 Å². The van der Waals surface area contributed by atoms with Gasteiger partial charge < -0.3 is 19.6 Å². The summed E-state index contributed by atoms with van der Waals surface area (Å²) >= 11 is 0. The fourth-order valence-electron chi connectivity index (χ4n) is 3.42. The first-order valence-corrected chi connectivity index (χ1v) is 9.08. The summed E-state index contributed by atoms with van der Waals surface area (Å²) in [7, 11) is 2.14. The number of nitrogens with zero attached hydrogens (tertiary/aromatic N) is 7. The van der Waals surface area contributed by atoms with Crippen LogP contribution >= 0.6 is 0 Å². The van der Waals surface area contributed by atoms with Crippen molar-refractivity contribution in [2.24, 2.45) is 0 Å². The van der Waals surface area contributed by atoms with Gasteiger partial charge in [-0.2, -0.15) is 10.1 Å². The molecule has 2 fully saturated rings. The third-order valence-corrected chi connectivity index (χ3v) is 5.12. The van der Waals surface area contributed by atoms with Gasteiger partial charge in [-0.3, -0.25) is 0 Å². The predicted molar refractivity (Wildman–Crippen MR) is 100 cm³/mol. The predicted octanol–water partition coefficient (Wildman–Crippen LogP) is 1.09. The van der Waals surface area contributed by atoms with Crippen LogP contribution in [0.15, 0.2) is 30.5 Å². The second-order valence-electron chi connectivity index (χ2n) is 6.86. The second kappa shape index (κ2) is 7.41. The first kappa shape index (κ1) is 17.0. The molecule has 1 aromatic heterocycles. The standard InChI is InChI=1S/C18H24FN7/c1-23-6-8-25(9-7-23)17-14-20-22-18(21-17)26-12-10-24(11-13-26)16-4-2-15(19)3-5-16/h2-5,14H,6-13H2,1H3. The van der Waals surface area contributed by atoms with Crippen LogP contribution in [0.2, 0.25) is 0 Å². The second-order valence-corrected chi connectivity index (χ2v) is 6.86. The van der Waals surface area contributed by atoms with Gasteiger partial charge in [0.15, 0.2) is 5.82 Å². The number of halogens is 1. The molecule has 0 atom stereocenters. The summed E-state index contributed by atoms with van der Waals surface area (Å²) in [4.78, 5) is 13.8. The molecular weight excluding hydrogens is 333 g/mol. The zero-order valence-corrected chi connectivity index (χ0v) is 15.1. The van der Waals surface area contributed by atoms with Crippen LogP contribution < -0.4 is 14.7 Å². The Balaban J connectivity index is 1.40. The highest BCUT2D eigenvalue weighted by Crippen LogP contribution is 2.20. The van der Waals surface area contributed by atoms with Gasteiger partial charge in [-0.15, -0.1) is 5.10 Å². The highest BCUT2D eigenvalue weighted by atomic mass is 19.1. The topological polar surface area (TPSA) is 51.6 Å². The molecule has 0 amide bonds. The van der Waals surface area contributed by atoms with E-state index >= 15 is 0 Å². The molecule has 0 spiro atoms. The van der Waals surface area contributed by atoms with E-state index in [4.69, 9.17) is 4.98 Å². The zero-order valence-electron chi connectivity index (χ0n) is 15.1. The average molecular weight is 357 g/mol. The van der Waals surface area contributed by atoms with Crippen molar-refractivity contribution in [2.45, 2.75) is 0 Å². The normalized spacial score (nSPS) is 19.1. The van der Waals surface area contributed by atoms with Crippen LogP contribution in [0.4, 0.5) is 21.8 Å². The SMILES string of the molecule is CN1CCN(c2cnnc(N3CCN(c4ccc(F)cc4)CC3)n2)CC1. The van der Waals surface area contributed by atoms with Crippen molar-refractivity contribution in [2.75, 3.05) is 74.1 Å². The van der Waals surface area contributed by atoms with Crippen molar-refractivity contribution in [3.05, 3.63) is 36.3 Å². The van der Waals surface area contributed by atoms with Gasteiger partial charge in [-0.05, 0) is 31.3 Å². The Labute approximate surface area is 153 Å². The smallest absolute Gasteiger partial charge is 0.247 e. The van der Waals surface area contributed by atoms with E-state index in [0.717, 1.165) is 63.9 Å². The Morgan fingerprint density at radius 2 is 1.42 bits per heavy atom. The van der Waals surface area contributed by atoms with E-state index in [1.165, 1.54) is 12.1 Å². The molecule has 0 unspecified atom stereocenters. The molecule has 0 radical (unpaired) electrons. The van der Waals surface area contributed by atoms with Gasteiger partial charge in [-0.1, -0.05) is 0 Å². The van der Waals surface area contributed by atoms with Crippen LogP contribution in [0.1, 0.15) is 0 Å². The van der Waals surface area contributed by atoms with E-state index in [2.05, 4.69) is 36.8 Å². The van der Waals surface area contributed by atoms with Crippen LogP contribution in [0.3, 0.4) is 0 Å². The number of aromatic nitrogens is 3. The molecule has 7 nitrogen and oxygen atoms in total. The molecule has 0 aliphatic carbocycles. The summed E-state index contributed by atoms with van der Waals surface area (Å²) in [6.07, 6.45) is 1.75. The number of likely N-dealkylation sites (N-methyl/N-ethyl adjacent to an activating group) is 1. The lowest BCUT2D eigenvalue weighted by Crippen LogP contribution is -2.47. The van der Waals surface area contributed by atoms with Crippen LogP contribution in [0.25, 0.3) is 0 Å². The molecule has 1 aromatic carbocycles. The molecule has 2 saturated heterocycles. The summed E-state index contributed by atoms with van der Waals surface area (Å²) in [5.41, 5.74) is 1.05. The van der Waals surface area contributed by atoms with Gasteiger partial charge in [0.1, 0.15) is 5.82 Å². The molecule has 2 aliphatic heterocycles. The number of benzene rings is 1. The minimum Gasteiger partial charge on any atom is -0.368 e. The summed E-state index contributed by atoms with van der Waals surface area (Å²) < 4.78 is 13.1. The lowest BCUT2D eigenvalue weighted by Gasteiger charge is -2.36. The Hall–Kier alpha value is -2.48. The summed E-state index contributed by atoms with van der Waals surface area (Å²) in [5.74, 6) is 1.40. The van der Waals surface area contributed by atoms with Crippen LogP contribution in [-0.2, 0) is 0 Å². The first-order valence-electron chi connectivity index (χ1n) is 9.08. The van der Waals surface area contributed by atoms with E-state index in [9.17, 15) is 4.39 Å². The van der Waals surface area contributed by atoms with Gasteiger partial charge in [-0.25, -0.2) is 4.39 Å². The lowest BCUT2D eigenvalue weighted by atomic mass is 10.2. The zero-order chi connectivity index (χ0) is 17.9. The summed E-state index contributed by atoms with van der Waals surface area (Å²) in [6, 6.07) is 6.68. The minimum atomic E-state index is -0.201. The van der Waals surface area contributed by atoms with Crippen molar-refractivity contribution >= 4 is 17.5 Å². The van der Waals surface area contributed by atoms with Crippen LogP contribution in [-0.4, -0.2) is 79.5 Å². The van der Waals surface area contributed by atoms with E-state index < -0.39 is 0 Å². The Morgan fingerprint density at radius 3 is 2.12 bits per heavy atom. The molecule has 4 rings (SSSR count). The third kappa shape index (κ3) is 3.70. The molecule has 8 heteroatoms. The third-order valence-electron chi connectivity index (χ3n) is 5.12. The van der Waals surface area contributed by atoms with Gasteiger partial charge >= 0.3 is 0 Å². The van der Waals surface area contributed by atoms with E-state index in [1.807, 2.05) is 12.1 Å². The maximum Gasteiger partial charge on any atom is 0.247 e. The number of rotatable bonds is 3. The molecule has 3 heterocycles. The van der Waals surface area contributed by atoms with Crippen molar-refractivity contribution < 1.29 is 4.39 Å². The Bertz CT molecular complexity index is 723. The average Bonchev–Trinajstić information content (AvgIpc) is 2.69. The van der Waals surface area contributed by atoms with Gasteiger partial charge in [0.25, 0.3) is 0 Å². The van der Waals surface area contributed by atoms with Crippen molar-refractivity contribution in [1.29, 1.82) is 0 Å². The summed E-state index contributed by atoms with van der Waals surface area (Å²) in [6.45, 7) is 7.36. The lowest BCUT2D eigenvalue weighted by molar-refractivity contribution is 0.312. The van der Waals surface area contributed by atoms with Crippen molar-refractivity contribution in [3.63, 3.8) is 0 Å². The largest absolute Gasteiger partial charge is 0.368 e. The quantitative estimate of drug-likeness (QED) is 0.815. The Morgan fingerprint density at radius 1 is 0.808 bits per heavy atom. The molecule has 0 N–H and O–H groups in total. The van der Waals surface area contributed by atoms with Crippen molar-refractivity contribution in [3.8, 4) is 0 Å². The highest BCUT2D eigenvalue weighted by molar-refractivity contribution is 5.49. The number of anilines is 3. The molecule has 138 valence electrons. The fourth-order valence-corrected chi connectivity index (χ4v) is 3.42. The first-order chi connectivity index (χ1) is 12.7. The Kier molecular flexibility index (Phi) is 4.83. The number of hydrogen-bond donors (Lipinski definition) is 0. The minimum absolute atomic E-state index is 0.201. The van der Waals surface area contributed by atoms with E-state index in [0.29, 0.717) is 5.95 Å². The molecule has 2 aliphatic rings.